The number of hydrogen-bond acceptors (Lipinski definition) is 5. The second-order valence-electron chi connectivity index (χ2n) is 3.40. The predicted octanol–water partition coefficient (Wildman–Crippen LogP) is -0.111. The fourth-order valence-electron chi connectivity index (χ4n) is 1.47. The summed E-state index contributed by atoms with van der Waals surface area (Å²) in [6.45, 7) is 0.225. The third-order valence-electron chi connectivity index (χ3n) is 2.09. The summed E-state index contributed by atoms with van der Waals surface area (Å²) in [4.78, 5) is 28.1. The van der Waals surface area contributed by atoms with Crippen molar-refractivity contribution in [2.45, 2.75) is 0 Å². The van der Waals surface area contributed by atoms with Crippen LogP contribution in [-0.4, -0.2) is 29.9 Å². The number of amides is 2. The van der Waals surface area contributed by atoms with Crippen molar-refractivity contribution in [3.63, 3.8) is 0 Å². The fourth-order valence-corrected chi connectivity index (χ4v) is 2.08. The van der Waals surface area contributed by atoms with Crippen molar-refractivity contribution in [1.29, 1.82) is 0 Å². The molecule has 2 amide bonds. The molecule has 1 saturated heterocycles. The van der Waals surface area contributed by atoms with Gasteiger partial charge in [-0.1, -0.05) is 0 Å². The standard InChI is InChI=1S/C9H9BrN4O2/c10-6-1-5(11)2-12-9(6)14-3-7(15)13-8(16)4-14/h1-2H,3-4,11H2,(H,13,15,16). The van der Waals surface area contributed by atoms with Gasteiger partial charge in [-0.3, -0.25) is 14.9 Å². The first-order valence-electron chi connectivity index (χ1n) is 4.55. The van der Waals surface area contributed by atoms with Crippen molar-refractivity contribution in [2.75, 3.05) is 23.7 Å². The van der Waals surface area contributed by atoms with Crippen LogP contribution in [0.2, 0.25) is 0 Å². The molecule has 0 aliphatic carbocycles. The Hall–Kier alpha value is -1.63. The minimum atomic E-state index is -0.332. The molecule has 84 valence electrons. The number of imide groups is 1. The maximum Gasteiger partial charge on any atom is 0.246 e. The van der Waals surface area contributed by atoms with Gasteiger partial charge in [-0.25, -0.2) is 4.98 Å². The number of rotatable bonds is 1. The lowest BCUT2D eigenvalue weighted by molar-refractivity contribution is -0.130. The smallest absolute Gasteiger partial charge is 0.246 e. The fraction of sp³-hybridized carbons (Fsp3) is 0.222. The quantitative estimate of drug-likeness (QED) is 0.703. The molecule has 7 heteroatoms. The molecule has 0 saturated carbocycles. The zero-order chi connectivity index (χ0) is 11.7. The number of nitrogens with zero attached hydrogens (tertiary/aromatic N) is 2. The highest BCUT2D eigenvalue weighted by Gasteiger charge is 2.24. The Morgan fingerprint density at radius 2 is 2.00 bits per heavy atom. The lowest BCUT2D eigenvalue weighted by atomic mass is 10.3. The van der Waals surface area contributed by atoms with Crippen LogP contribution in [0, 0.1) is 0 Å². The average Bonchev–Trinajstić information content (AvgIpc) is 2.15. The minimum Gasteiger partial charge on any atom is -0.397 e. The lowest BCUT2D eigenvalue weighted by Crippen LogP contribution is -2.51. The number of pyridine rings is 1. The van der Waals surface area contributed by atoms with Crippen molar-refractivity contribution >= 4 is 39.2 Å². The van der Waals surface area contributed by atoms with Crippen LogP contribution in [0.1, 0.15) is 0 Å². The van der Waals surface area contributed by atoms with Crippen molar-refractivity contribution < 1.29 is 9.59 Å². The summed E-state index contributed by atoms with van der Waals surface area (Å²) in [6.07, 6.45) is 1.48. The summed E-state index contributed by atoms with van der Waals surface area (Å²) in [5, 5.41) is 2.22. The Morgan fingerprint density at radius 3 is 2.56 bits per heavy atom. The van der Waals surface area contributed by atoms with Gasteiger partial charge in [0.15, 0.2) is 0 Å². The molecule has 0 unspecified atom stereocenters. The van der Waals surface area contributed by atoms with Crippen LogP contribution in [-0.2, 0) is 9.59 Å². The van der Waals surface area contributed by atoms with Crippen LogP contribution >= 0.6 is 15.9 Å². The van der Waals surface area contributed by atoms with Gasteiger partial charge in [0.05, 0.1) is 29.4 Å². The molecule has 3 N–H and O–H groups in total. The van der Waals surface area contributed by atoms with Gasteiger partial charge in [-0.2, -0.15) is 0 Å². The number of nitrogens with two attached hydrogens (primary N) is 1. The molecule has 1 fully saturated rings. The number of halogens is 1. The largest absolute Gasteiger partial charge is 0.397 e. The van der Waals surface area contributed by atoms with Crippen molar-refractivity contribution in [1.82, 2.24) is 10.3 Å². The van der Waals surface area contributed by atoms with Crippen LogP contribution in [0.15, 0.2) is 16.7 Å². The van der Waals surface area contributed by atoms with Gasteiger partial charge in [0.2, 0.25) is 11.8 Å². The van der Waals surface area contributed by atoms with E-state index in [4.69, 9.17) is 5.73 Å². The maximum atomic E-state index is 11.2. The van der Waals surface area contributed by atoms with Crippen molar-refractivity contribution in [3.8, 4) is 0 Å². The van der Waals surface area contributed by atoms with Gasteiger partial charge < -0.3 is 10.6 Å². The van der Waals surface area contributed by atoms with Gasteiger partial charge >= 0.3 is 0 Å². The second kappa shape index (κ2) is 4.09. The second-order valence-corrected chi connectivity index (χ2v) is 4.26. The van der Waals surface area contributed by atoms with Gasteiger partial charge in [0.25, 0.3) is 0 Å². The summed E-state index contributed by atoms with van der Waals surface area (Å²) in [7, 11) is 0. The molecule has 0 spiro atoms. The zero-order valence-electron chi connectivity index (χ0n) is 8.24. The Bertz CT molecular complexity index is 447. The molecule has 6 nitrogen and oxygen atoms in total. The molecule has 1 aliphatic rings. The average molecular weight is 285 g/mol. The van der Waals surface area contributed by atoms with E-state index < -0.39 is 0 Å². The van der Waals surface area contributed by atoms with E-state index in [2.05, 4.69) is 26.2 Å². The van der Waals surface area contributed by atoms with E-state index in [-0.39, 0.29) is 24.9 Å². The number of aromatic nitrogens is 1. The van der Waals surface area contributed by atoms with Crippen LogP contribution in [0.25, 0.3) is 0 Å². The first kappa shape index (κ1) is 10.9. The number of nitrogens with one attached hydrogen (secondary N) is 1. The highest BCUT2D eigenvalue weighted by molar-refractivity contribution is 9.10. The van der Waals surface area contributed by atoms with Gasteiger partial charge in [-0.15, -0.1) is 0 Å². The highest BCUT2D eigenvalue weighted by Crippen LogP contribution is 2.25. The van der Waals surface area contributed by atoms with E-state index in [0.717, 1.165) is 0 Å². The molecule has 0 aromatic carbocycles. The molecular formula is C9H9BrN4O2. The number of anilines is 2. The van der Waals surface area contributed by atoms with E-state index in [0.29, 0.717) is 16.0 Å². The van der Waals surface area contributed by atoms with Gasteiger partial charge in [0.1, 0.15) is 5.82 Å². The summed E-state index contributed by atoms with van der Waals surface area (Å²) in [6, 6.07) is 1.68. The monoisotopic (exact) mass is 284 g/mol. The molecule has 16 heavy (non-hydrogen) atoms. The third-order valence-corrected chi connectivity index (χ3v) is 2.67. The molecule has 1 aromatic rings. The molecule has 0 bridgehead atoms. The van der Waals surface area contributed by atoms with Gasteiger partial charge in [0, 0.05) is 0 Å². The van der Waals surface area contributed by atoms with E-state index in [1.807, 2.05) is 0 Å². The first-order chi connectivity index (χ1) is 7.56. The predicted molar refractivity (Wildman–Crippen MR) is 61.7 cm³/mol. The number of carbonyl (C=O) groups is 2. The topological polar surface area (TPSA) is 88.3 Å². The number of carbonyl (C=O) groups excluding carboxylic acids is 2. The SMILES string of the molecule is Nc1cnc(N2CC(=O)NC(=O)C2)c(Br)c1. The van der Waals surface area contributed by atoms with Crippen LogP contribution in [0.4, 0.5) is 11.5 Å². The van der Waals surface area contributed by atoms with E-state index in [9.17, 15) is 9.59 Å². The minimum absolute atomic E-state index is 0.112. The van der Waals surface area contributed by atoms with E-state index in [1.165, 1.54) is 6.20 Å². The maximum absolute atomic E-state index is 11.2. The molecule has 0 atom stereocenters. The summed E-state index contributed by atoms with van der Waals surface area (Å²) in [5.74, 6) is -0.124. The highest BCUT2D eigenvalue weighted by atomic mass is 79.9. The van der Waals surface area contributed by atoms with Crippen molar-refractivity contribution in [3.05, 3.63) is 16.7 Å². The van der Waals surface area contributed by atoms with E-state index >= 15 is 0 Å². The summed E-state index contributed by atoms with van der Waals surface area (Å²) >= 11 is 3.30. The number of piperazine rings is 1. The Labute approximate surface area is 99.9 Å². The molecule has 2 rings (SSSR count). The van der Waals surface area contributed by atoms with Crippen LogP contribution < -0.4 is 16.0 Å². The van der Waals surface area contributed by atoms with Crippen LogP contribution in [0.3, 0.4) is 0 Å². The summed E-state index contributed by atoms with van der Waals surface area (Å²) < 4.78 is 0.662. The Morgan fingerprint density at radius 1 is 1.38 bits per heavy atom. The summed E-state index contributed by atoms with van der Waals surface area (Å²) in [5.41, 5.74) is 6.07. The molecule has 0 radical (unpaired) electrons. The van der Waals surface area contributed by atoms with Crippen molar-refractivity contribution in [2.24, 2.45) is 0 Å². The number of hydrogen-bond donors (Lipinski definition) is 2. The van der Waals surface area contributed by atoms with E-state index in [1.54, 1.807) is 11.0 Å². The molecular weight excluding hydrogens is 276 g/mol. The first-order valence-corrected chi connectivity index (χ1v) is 5.34. The zero-order valence-corrected chi connectivity index (χ0v) is 9.82. The normalized spacial score (nSPS) is 16.2. The third kappa shape index (κ3) is 2.13. The molecule has 2 heterocycles. The number of nitrogen functional groups attached to an aromatic ring is 1. The molecule has 1 aromatic heterocycles. The molecule has 1 aliphatic heterocycles. The Kier molecular flexibility index (Phi) is 2.78. The van der Waals surface area contributed by atoms with Crippen LogP contribution in [0.5, 0.6) is 0 Å². The lowest BCUT2D eigenvalue weighted by Gasteiger charge is -2.27. The Balaban J connectivity index is 2.29. The van der Waals surface area contributed by atoms with Gasteiger partial charge in [-0.05, 0) is 22.0 Å².